The van der Waals surface area contributed by atoms with Crippen LogP contribution in [0, 0.1) is 0 Å². The highest BCUT2D eigenvalue weighted by molar-refractivity contribution is 5.67. The molecule has 0 saturated carbocycles. The minimum Gasteiger partial charge on any atom is -0.444 e. The summed E-state index contributed by atoms with van der Waals surface area (Å²) in [6, 6.07) is 0. The zero-order chi connectivity index (χ0) is 12.1. The molecule has 0 rings (SSSR count). The van der Waals surface area contributed by atoms with E-state index in [4.69, 9.17) is 10.5 Å². The van der Waals surface area contributed by atoms with Gasteiger partial charge in [0.05, 0.1) is 0 Å². The summed E-state index contributed by atoms with van der Waals surface area (Å²) in [5.41, 5.74) is 5.16. The predicted octanol–water partition coefficient (Wildman–Crippen LogP) is 2.03. The van der Waals surface area contributed by atoms with E-state index in [9.17, 15) is 4.79 Å². The molecule has 0 aliphatic carbocycles. The monoisotopic (exact) mass is 216 g/mol. The lowest BCUT2D eigenvalue weighted by Gasteiger charge is -2.26. The van der Waals surface area contributed by atoms with E-state index in [-0.39, 0.29) is 5.54 Å². The SMILES string of the molecule is CCCC(C)(N)CNC(=O)OC(C)(C)C. The van der Waals surface area contributed by atoms with Crippen LogP contribution in [0.25, 0.3) is 0 Å². The third kappa shape index (κ3) is 8.24. The zero-order valence-corrected chi connectivity index (χ0v) is 10.5. The molecule has 0 radical (unpaired) electrons. The van der Waals surface area contributed by atoms with Crippen LogP contribution < -0.4 is 11.1 Å². The molecule has 1 amide bonds. The Labute approximate surface area is 92.6 Å². The summed E-state index contributed by atoms with van der Waals surface area (Å²) in [5.74, 6) is 0. The summed E-state index contributed by atoms with van der Waals surface area (Å²) >= 11 is 0. The Kier molecular flexibility index (Phi) is 5.08. The van der Waals surface area contributed by atoms with Crippen molar-refractivity contribution in [3.63, 3.8) is 0 Å². The van der Waals surface area contributed by atoms with Gasteiger partial charge in [-0.05, 0) is 34.1 Å². The Bertz CT molecular complexity index is 207. The standard InChI is InChI=1S/C11H24N2O2/c1-6-7-11(5,12)8-13-9(14)15-10(2,3)4/h6-8,12H2,1-5H3,(H,13,14). The summed E-state index contributed by atoms with van der Waals surface area (Å²) in [5, 5.41) is 2.68. The topological polar surface area (TPSA) is 64.3 Å². The van der Waals surface area contributed by atoms with E-state index in [1.807, 2.05) is 27.7 Å². The number of hydrogen-bond acceptors (Lipinski definition) is 3. The summed E-state index contributed by atoms with van der Waals surface area (Å²) in [4.78, 5) is 11.3. The van der Waals surface area contributed by atoms with E-state index >= 15 is 0 Å². The maximum absolute atomic E-state index is 11.3. The van der Waals surface area contributed by atoms with Gasteiger partial charge in [0.2, 0.25) is 0 Å². The van der Waals surface area contributed by atoms with Gasteiger partial charge in [-0.15, -0.1) is 0 Å². The second-order valence-corrected chi connectivity index (χ2v) is 5.26. The minimum atomic E-state index is -0.458. The Morgan fingerprint density at radius 2 is 1.87 bits per heavy atom. The highest BCUT2D eigenvalue weighted by Crippen LogP contribution is 2.09. The number of amides is 1. The second kappa shape index (κ2) is 5.35. The van der Waals surface area contributed by atoms with Crippen LogP contribution in [0.2, 0.25) is 0 Å². The first-order valence-corrected chi connectivity index (χ1v) is 5.42. The molecule has 0 heterocycles. The molecule has 4 heteroatoms. The number of alkyl carbamates (subject to hydrolysis) is 1. The van der Waals surface area contributed by atoms with Crippen LogP contribution >= 0.6 is 0 Å². The molecule has 0 aromatic heterocycles. The van der Waals surface area contributed by atoms with Gasteiger partial charge in [-0.2, -0.15) is 0 Å². The fourth-order valence-corrected chi connectivity index (χ4v) is 1.25. The number of ether oxygens (including phenoxy) is 1. The molecule has 0 fully saturated rings. The van der Waals surface area contributed by atoms with Crippen molar-refractivity contribution in [2.24, 2.45) is 5.73 Å². The smallest absolute Gasteiger partial charge is 0.407 e. The molecule has 4 nitrogen and oxygen atoms in total. The van der Waals surface area contributed by atoms with Crippen LogP contribution in [0.1, 0.15) is 47.5 Å². The van der Waals surface area contributed by atoms with Gasteiger partial charge in [0.15, 0.2) is 0 Å². The molecule has 15 heavy (non-hydrogen) atoms. The lowest BCUT2D eigenvalue weighted by Crippen LogP contribution is -2.48. The van der Waals surface area contributed by atoms with Gasteiger partial charge in [-0.25, -0.2) is 4.79 Å². The molecule has 1 unspecified atom stereocenters. The third-order valence-corrected chi connectivity index (χ3v) is 1.86. The molecule has 3 N–H and O–H groups in total. The van der Waals surface area contributed by atoms with Crippen molar-refractivity contribution in [1.29, 1.82) is 0 Å². The van der Waals surface area contributed by atoms with Gasteiger partial charge in [0, 0.05) is 12.1 Å². The number of rotatable bonds is 4. The van der Waals surface area contributed by atoms with E-state index in [0.29, 0.717) is 6.54 Å². The van der Waals surface area contributed by atoms with E-state index in [2.05, 4.69) is 12.2 Å². The van der Waals surface area contributed by atoms with E-state index in [0.717, 1.165) is 12.8 Å². The normalized spacial score (nSPS) is 15.6. The van der Waals surface area contributed by atoms with E-state index in [1.54, 1.807) is 0 Å². The molecular weight excluding hydrogens is 192 g/mol. The van der Waals surface area contributed by atoms with Gasteiger partial charge < -0.3 is 15.8 Å². The number of carbonyl (C=O) groups is 1. The number of nitrogens with two attached hydrogens (primary N) is 1. The van der Waals surface area contributed by atoms with Crippen LogP contribution in [0.15, 0.2) is 0 Å². The molecular formula is C11H24N2O2. The summed E-state index contributed by atoms with van der Waals surface area (Å²) in [7, 11) is 0. The largest absolute Gasteiger partial charge is 0.444 e. The number of hydrogen-bond donors (Lipinski definition) is 2. The molecule has 1 atom stereocenters. The average Bonchev–Trinajstić information content (AvgIpc) is 1.98. The first-order valence-electron chi connectivity index (χ1n) is 5.42. The number of nitrogens with one attached hydrogen (secondary N) is 1. The lowest BCUT2D eigenvalue weighted by molar-refractivity contribution is 0.0515. The van der Waals surface area contributed by atoms with Crippen molar-refractivity contribution < 1.29 is 9.53 Å². The Hall–Kier alpha value is -0.770. The van der Waals surface area contributed by atoms with Crippen molar-refractivity contribution in [1.82, 2.24) is 5.32 Å². The van der Waals surface area contributed by atoms with Crippen LogP contribution in [-0.4, -0.2) is 23.8 Å². The predicted molar refractivity (Wildman–Crippen MR) is 61.7 cm³/mol. The van der Waals surface area contributed by atoms with Crippen molar-refractivity contribution in [3.8, 4) is 0 Å². The highest BCUT2D eigenvalue weighted by Gasteiger charge is 2.21. The van der Waals surface area contributed by atoms with Crippen molar-refractivity contribution >= 4 is 6.09 Å². The highest BCUT2D eigenvalue weighted by atomic mass is 16.6. The van der Waals surface area contributed by atoms with Gasteiger partial charge in [-0.3, -0.25) is 0 Å². The molecule has 0 saturated heterocycles. The van der Waals surface area contributed by atoms with Crippen LogP contribution in [0.4, 0.5) is 4.79 Å². The molecule has 0 aromatic carbocycles. The fourth-order valence-electron chi connectivity index (χ4n) is 1.25. The lowest BCUT2D eigenvalue weighted by atomic mass is 9.98. The maximum Gasteiger partial charge on any atom is 0.407 e. The molecule has 0 bridgehead atoms. The van der Waals surface area contributed by atoms with Crippen LogP contribution in [-0.2, 0) is 4.74 Å². The second-order valence-electron chi connectivity index (χ2n) is 5.26. The molecule has 90 valence electrons. The average molecular weight is 216 g/mol. The Morgan fingerprint density at radius 3 is 2.27 bits per heavy atom. The summed E-state index contributed by atoms with van der Waals surface area (Å²) in [6.45, 7) is 9.93. The van der Waals surface area contributed by atoms with Gasteiger partial charge in [-0.1, -0.05) is 13.3 Å². The van der Waals surface area contributed by atoms with Crippen molar-refractivity contribution in [2.45, 2.75) is 58.6 Å². The van der Waals surface area contributed by atoms with Gasteiger partial charge >= 0.3 is 6.09 Å². The van der Waals surface area contributed by atoms with Crippen LogP contribution in [0.5, 0.6) is 0 Å². The molecule has 0 aliphatic rings. The van der Waals surface area contributed by atoms with E-state index in [1.165, 1.54) is 0 Å². The quantitative estimate of drug-likeness (QED) is 0.755. The first kappa shape index (κ1) is 14.2. The fraction of sp³-hybridized carbons (Fsp3) is 0.909. The molecule has 0 spiro atoms. The van der Waals surface area contributed by atoms with Gasteiger partial charge in [0.1, 0.15) is 5.60 Å². The van der Waals surface area contributed by atoms with Gasteiger partial charge in [0.25, 0.3) is 0 Å². The maximum atomic E-state index is 11.3. The Morgan fingerprint density at radius 1 is 1.33 bits per heavy atom. The van der Waals surface area contributed by atoms with Crippen molar-refractivity contribution in [3.05, 3.63) is 0 Å². The van der Waals surface area contributed by atoms with Crippen LogP contribution in [0.3, 0.4) is 0 Å². The minimum absolute atomic E-state index is 0.356. The summed E-state index contributed by atoms with van der Waals surface area (Å²) < 4.78 is 5.11. The first-order chi connectivity index (χ1) is 6.66. The zero-order valence-electron chi connectivity index (χ0n) is 10.5. The number of carbonyl (C=O) groups excluding carboxylic acids is 1. The molecule has 0 aliphatic heterocycles. The summed E-state index contributed by atoms with van der Waals surface area (Å²) in [6.07, 6.45) is 1.47. The Balaban J connectivity index is 3.90. The third-order valence-electron chi connectivity index (χ3n) is 1.86. The van der Waals surface area contributed by atoms with E-state index < -0.39 is 11.7 Å². The van der Waals surface area contributed by atoms with Crippen molar-refractivity contribution in [2.75, 3.05) is 6.54 Å². The molecule has 0 aromatic rings.